The molecule has 2 N–H and O–H groups in total. The van der Waals surface area contributed by atoms with Crippen LogP contribution in [0.1, 0.15) is 44.2 Å². The standard InChI is InChI=1S/C17H26N2O/c1-3-14(4-2)17(20)19-11-5-6-15-12-13(9-10-18)7-8-16(15)19/h7-8,12,14H,3-6,9-11,18H2,1-2H3. The predicted octanol–water partition coefficient (Wildman–Crippen LogP) is 2.90. The zero-order valence-corrected chi connectivity index (χ0v) is 12.7. The summed E-state index contributed by atoms with van der Waals surface area (Å²) in [5, 5.41) is 0. The van der Waals surface area contributed by atoms with E-state index in [1.165, 1.54) is 11.1 Å². The Bertz CT molecular complexity index is 466. The molecular weight excluding hydrogens is 248 g/mol. The van der Waals surface area contributed by atoms with E-state index in [1.54, 1.807) is 0 Å². The van der Waals surface area contributed by atoms with Gasteiger partial charge in [0.2, 0.25) is 5.91 Å². The van der Waals surface area contributed by atoms with Crippen LogP contribution in [0.2, 0.25) is 0 Å². The van der Waals surface area contributed by atoms with Gasteiger partial charge in [0.1, 0.15) is 0 Å². The summed E-state index contributed by atoms with van der Waals surface area (Å²) in [6.45, 7) is 5.73. The molecule has 0 bridgehead atoms. The van der Waals surface area contributed by atoms with E-state index in [4.69, 9.17) is 5.73 Å². The van der Waals surface area contributed by atoms with Crippen molar-refractivity contribution in [2.75, 3.05) is 18.0 Å². The molecule has 0 saturated carbocycles. The summed E-state index contributed by atoms with van der Waals surface area (Å²) in [4.78, 5) is 14.6. The number of amides is 1. The molecule has 0 saturated heterocycles. The summed E-state index contributed by atoms with van der Waals surface area (Å²) >= 11 is 0. The second-order valence-corrected chi connectivity index (χ2v) is 5.61. The summed E-state index contributed by atoms with van der Waals surface area (Å²) in [5.41, 5.74) is 9.33. The molecule has 0 spiro atoms. The van der Waals surface area contributed by atoms with Crippen LogP contribution in [0.5, 0.6) is 0 Å². The van der Waals surface area contributed by atoms with Crippen LogP contribution in [0.3, 0.4) is 0 Å². The fraction of sp³-hybridized carbons (Fsp3) is 0.588. The van der Waals surface area contributed by atoms with Gasteiger partial charge in [0.25, 0.3) is 0 Å². The lowest BCUT2D eigenvalue weighted by molar-refractivity contribution is -0.122. The molecule has 1 aliphatic rings. The zero-order chi connectivity index (χ0) is 14.5. The molecular formula is C17H26N2O. The lowest BCUT2D eigenvalue weighted by Gasteiger charge is -2.32. The maximum absolute atomic E-state index is 12.6. The number of benzene rings is 1. The van der Waals surface area contributed by atoms with Gasteiger partial charge in [0.05, 0.1) is 0 Å². The molecule has 1 aromatic rings. The maximum Gasteiger partial charge on any atom is 0.230 e. The van der Waals surface area contributed by atoms with E-state index < -0.39 is 0 Å². The first-order valence-electron chi connectivity index (χ1n) is 7.84. The molecule has 0 aliphatic carbocycles. The molecule has 20 heavy (non-hydrogen) atoms. The summed E-state index contributed by atoms with van der Waals surface area (Å²) in [5.74, 6) is 0.451. The van der Waals surface area contributed by atoms with Crippen LogP contribution >= 0.6 is 0 Å². The van der Waals surface area contributed by atoms with E-state index in [0.717, 1.165) is 44.3 Å². The monoisotopic (exact) mass is 274 g/mol. The molecule has 1 aliphatic heterocycles. The highest BCUT2D eigenvalue weighted by molar-refractivity contribution is 5.96. The van der Waals surface area contributed by atoms with Crippen LogP contribution < -0.4 is 10.6 Å². The molecule has 3 nitrogen and oxygen atoms in total. The zero-order valence-electron chi connectivity index (χ0n) is 12.7. The van der Waals surface area contributed by atoms with Gasteiger partial charge in [-0.05, 0) is 55.8 Å². The fourth-order valence-corrected chi connectivity index (χ4v) is 3.06. The van der Waals surface area contributed by atoms with Crippen molar-refractivity contribution in [2.24, 2.45) is 11.7 Å². The van der Waals surface area contributed by atoms with Gasteiger partial charge < -0.3 is 10.6 Å². The number of carbonyl (C=O) groups excluding carboxylic acids is 1. The molecule has 0 radical (unpaired) electrons. The molecule has 3 heteroatoms. The van der Waals surface area contributed by atoms with Crippen LogP contribution in [-0.4, -0.2) is 19.0 Å². The molecule has 0 atom stereocenters. The molecule has 2 rings (SSSR count). The average molecular weight is 274 g/mol. The first kappa shape index (κ1) is 15.0. The first-order valence-corrected chi connectivity index (χ1v) is 7.84. The lowest BCUT2D eigenvalue weighted by Crippen LogP contribution is -2.39. The van der Waals surface area contributed by atoms with E-state index in [1.807, 2.05) is 4.90 Å². The van der Waals surface area contributed by atoms with Gasteiger partial charge in [-0.15, -0.1) is 0 Å². The number of nitrogens with two attached hydrogens (primary N) is 1. The Morgan fingerprint density at radius 1 is 1.35 bits per heavy atom. The third kappa shape index (κ3) is 3.04. The van der Waals surface area contributed by atoms with Crippen molar-refractivity contribution in [2.45, 2.75) is 46.0 Å². The maximum atomic E-state index is 12.6. The highest BCUT2D eigenvalue weighted by atomic mass is 16.2. The second kappa shape index (κ2) is 6.89. The van der Waals surface area contributed by atoms with Gasteiger partial charge in [-0.25, -0.2) is 0 Å². The number of anilines is 1. The first-order chi connectivity index (χ1) is 9.71. The highest BCUT2D eigenvalue weighted by Crippen LogP contribution is 2.30. The summed E-state index contributed by atoms with van der Waals surface area (Å²) in [7, 11) is 0. The molecule has 0 aromatic heterocycles. The summed E-state index contributed by atoms with van der Waals surface area (Å²) in [6.07, 6.45) is 4.89. The Hall–Kier alpha value is -1.35. The second-order valence-electron chi connectivity index (χ2n) is 5.61. The third-order valence-corrected chi connectivity index (χ3v) is 4.30. The van der Waals surface area contributed by atoms with Gasteiger partial charge >= 0.3 is 0 Å². The average Bonchev–Trinajstić information content (AvgIpc) is 2.48. The Kier molecular flexibility index (Phi) is 5.18. The molecule has 1 amide bonds. The number of fused-ring (bicyclic) bond motifs is 1. The Labute approximate surface area is 122 Å². The van der Waals surface area contributed by atoms with Gasteiger partial charge in [-0.3, -0.25) is 4.79 Å². The van der Waals surface area contributed by atoms with Crippen molar-refractivity contribution in [3.63, 3.8) is 0 Å². The number of rotatable bonds is 5. The van der Waals surface area contributed by atoms with Gasteiger partial charge in [0.15, 0.2) is 0 Å². The Morgan fingerprint density at radius 2 is 2.10 bits per heavy atom. The number of hydrogen-bond acceptors (Lipinski definition) is 2. The number of hydrogen-bond donors (Lipinski definition) is 1. The number of carbonyl (C=O) groups is 1. The third-order valence-electron chi connectivity index (χ3n) is 4.30. The largest absolute Gasteiger partial charge is 0.330 e. The quantitative estimate of drug-likeness (QED) is 0.897. The van der Waals surface area contributed by atoms with E-state index in [9.17, 15) is 4.79 Å². The van der Waals surface area contributed by atoms with Gasteiger partial charge in [-0.1, -0.05) is 26.0 Å². The van der Waals surface area contributed by atoms with Crippen molar-refractivity contribution in [3.8, 4) is 0 Å². The van der Waals surface area contributed by atoms with Crippen LogP contribution in [-0.2, 0) is 17.6 Å². The van der Waals surface area contributed by atoms with Crippen LogP contribution in [0, 0.1) is 5.92 Å². The minimum Gasteiger partial charge on any atom is -0.330 e. The van der Waals surface area contributed by atoms with E-state index >= 15 is 0 Å². The molecule has 0 fully saturated rings. The Morgan fingerprint density at radius 3 is 2.75 bits per heavy atom. The number of aryl methyl sites for hydroxylation is 1. The molecule has 110 valence electrons. The minimum absolute atomic E-state index is 0.157. The SMILES string of the molecule is CCC(CC)C(=O)N1CCCc2cc(CCN)ccc21. The molecule has 1 aromatic carbocycles. The topological polar surface area (TPSA) is 46.3 Å². The summed E-state index contributed by atoms with van der Waals surface area (Å²) < 4.78 is 0. The van der Waals surface area contributed by atoms with E-state index in [-0.39, 0.29) is 5.92 Å². The van der Waals surface area contributed by atoms with E-state index in [2.05, 4.69) is 32.0 Å². The Balaban J connectivity index is 2.26. The molecule has 1 heterocycles. The van der Waals surface area contributed by atoms with Crippen LogP contribution in [0.4, 0.5) is 5.69 Å². The number of nitrogens with zero attached hydrogens (tertiary/aromatic N) is 1. The van der Waals surface area contributed by atoms with E-state index in [0.29, 0.717) is 12.5 Å². The normalized spacial score (nSPS) is 14.5. The van der Waals surface area contributed by atoms with Crippen molar-refractivity contribution >= 4 is 11.6 Å². The van der Waals surface area contributed by atoms with Crippen molar-refractivity contribution in [1.82, 2.24) is 0 Å². The fourth-order valence-electron chi connectivity index (χ4n) is 3.06. The highest BCUT2D eigenvalue weighted by Gasteiger charge is 2.26. The minimum atomic E-state index is 0.157. The summed E-state index contributed by atoms with van der Waals surface area (Å²) in [6, 6.07) is 6.46. The molecule has 0 unspecified atom stereocenters. The van der Waals surface area contributed by atoms with Gasteiger partial charge in [0, 0.05) is 18.2 Å². The smallest absolute Gasteiger partial charge is 0.230 e. The van der Waals surface area contributed by atoms with Crippen LogP contribution in [0.25, 0.3) is 0 Å². The van der Waals surface area contributed by atoms with Crippen molar-refractivity contribution in [1.29, 1.82) is 0 Å². The lowest BCUT2D eigenvalue weighted by atomic mass is 9.95. The van der Waals surface area contributed by atoms with Crippen molar-refractivity contribution < 1.29 is 4.79 Å². The van der Waals surface area contributed by atoms with Crippen LogP contribution in [0.15, 0.2) is 18.2 Å². The van der Waals surface area contributed by atoms with Crippen molar-refractivity contribution in [3.05, 3.63) is 29.3 Å². The predicted molar refractivity (Wildman–Crippen MR) is 83.9 cm³/mol. The van der Waals surface area contributed by atoms with Gasteiger partial charge in [-0.2, -0.15) is 0 Å².